The molecule has 0 atom stereocenters. The van der Waals surface area contributed by atoms with Crippen molar-refractivity contribution in [1.82, 2.24) is 14.9 Å². The molecule has 108 valence electrons. The highest BCUT2D eigenvalue weighted by Crippen LogP contribution is 2.29. The lowest BCUT2D eigenvalue weighted by molar-refractivity contribution is -0.131. The molecule has 0 saturated carbocycles. The van der Waals surface area contributed by atoms with Gasteiger partial charge in [-0.2, -0.15) is 0 Å². The number of anilines is 1. The van der Waals surface area contributed by atoms with Crippen LogP contribution in [0.3, 0.4) is 0 Å². The van der Waals surface area contributed by atoms with Crippen molar-refractivity contribution in [3.63, 3.8) is 0 Å². The van der Waals surface area contributed by atoms with Crippen LogP contribution in [-0.2, 0) is 17.8 Å². The Hall–Kier alpha value is -1.65. The number of rotatable bonds is 2. The van der Waals surface area contributed by atoms with Crippen LogP contribution in [-0.4, -0.2) is 40.4 Å². The molecule has 0 aliphatic carbocycles. The van der Waals surface area contributed by atoms with Gasteiger partial charge in [0.1, 0.15) is 11.6 Å². The van der Waals surface area contributed by atoms with Gasteiger partial charge in [-0.1, -0.05) is 6.92 Å². The number of nitrogens with zero attached hydrogens (tertiary/aromatic N) is 4. The lowest BCUT2D eigenvalue weighted by Gasteiger charge is -2.31. The molecule has 5 heteroatoms. The Morgan fingerprint density at radius 3 is 2.65 bits per heavy atom. The van der Waals surface area contributed by atoms with Crippen LogP contribution in [0.15, 0.2) is 0 Å². The predicted octanol–water partition coefficient (Wildman–Crippen LogP) is 1.68. The molecule has 1 aromatic rings. The van der Waals surface area contributed by atoms with E-state index in [9.17, 15) is 4.79 Å². The third-order valence-corrected chi connectivity index (χ3v) is 4.21. The number of hydrogen-bond donors (Lipinski definition) is 0. The van der Waals surface area contributed by atoms with E-state index in [2.05, 4.69) is 14.9 Å². The molecule has 3 heterocycles. The monoisotopic (exact) mass is 274 g/mol. The number of amides is 1. The minimum atomic E-state index is 0.226. The SMILES string of the molecule is CCC(=O)N1CCc2nc(C)nc(N3CCCC3)c2C1. The molecule has 0 aromatic carbocycles. The van der Waals surface area contributed by atoms with Gasteiger partial charge >= 0.3 is 0 Å². The quantitative estimate of drug-likeness (QED) is 0.823. The van der Waals surface area contributed by atoms with E-state index < -0.39 is 0 Å². The summed E-state index contributed by atoms with van der Waals surface area (Å²) >= 11 is 0. The van der Waals surface area contributed by atoms with Crippen molar-refractivity contribution in [3.8, 4) is 0 Å². The van der Waals surface area contributed by atoms with E-state index in [1.807, 2.05) is 18.7 Å². The van der Waals surface area contributed by atoms with E-state index in [0.717, 1.165) is 43.4 Å². The molecular weight excluding hydrogens is 252 g/mol. The fourth-order valence-corrected chi connectivity index (χ4v) is 3.14. The van der Waals surface area contributed by atoms with Crippen molar-refractivity contribution in [2.45, 2.75) is 46.1 Å². The average molecular weight is 274 g/mol. The number of carbonyl (C=O) groups is 1. The average Bonchev–Trinajstić information content (AvgIpc) is 2.99. The molecule has 0 unspecified atom stereocenters. The smallest absolute Gasteiger partial charge is 0.222 e. The molecule has 0 radical (unpaired) electrons. The molecule has 0 bridgehead atoms. The van der Waals surface area contributed by atoms with Gasteiger partial charge in [-0.25, -0.2) is 9.97 Å². The van der Waals surface area contributed by atoms with E-state index in [4.69, 9.17) is 0 Å². The lowest BCUT2D eigenvalue weighted by atomic mass is 10.1. The summed E-state index contributed by atoms with van der Waals surface area (Å²) in [7, 11) is 0. The van der Waals surface area contributed by atoms with Crippen molar-refractivity contribution < 1.29 is 4.79 Å². The van der Waals surface area contributed by atoms with E-state index in [0.29, 0.717) is 13.0 Å². The van der Waals surface area contributed by atoms with Gasteiger partial charge in [0, 0.05) is 38.0 Å². The summed E-state index contributed by atoms with van der Waals surface area (Å²) in [5.74, 6) is 2.14. The van der Waals surface area contributed by atoms with Crippen molar-refractivity contribution in [3.05, 3.63) is 17.1 Å². The third kappa shape index (κ3) is 2.37. The summed E-state index contributed by atoms with van der Waals surface area (Å²) in [6.07, 6.45) is 3.89. The third-order valence-electron chi connectivity index (χ3n) is 4.21. The molecule has 2 aliphatic rings. The van der Waals surface area contributed by atoms with E-state index >= 15 is 0 Å². The highest BCUT2D eigenvalue weighted by Gasteiger charge is 2.27. The molecule has 20 heavy (non-hydrogen) atoms. The number of carbonyl (C=O) groups excluding carboxylic acids is 1. The normalized spacial score (nSPS) is 18.3. The van der Waals surface area contributed by atoms with Gasteiger partial charge in [-0.3, -0.25) is 4.79 Å². The van der Waals surface area contributed by atoms with Crippen molar-refractivity contribution in [2.75, 3.05) is 24.5 Å². The molecule has 5 nitrogen and oxygen atoms in total. The maximum Gasteiger partial charge on any atom is 0.222 e. The van der Waals surface area contributed by atoms with Gasteiger partial charge < -0.3 is 9.80 Å². The van der Waals surface area contributed by atoms with Crippen LogP contribution in [0.5, 0.6) is 0 Å². The first kappa shape index (κ1) is 13.3. The molecular formula is C15H22N4O. The fraction of sp³-hybridized carbons (Fsp3) is 0.667. The maximum absolute atomic E-state index is 11.9. The Kier molecular flexibility index (Phi) is 3.59. The van der Waals surface area contributed by atoms with Gasteiger partial charge in [0.25, 0.3) is 0 Å². The number of aromatic nitrogens is 2. The topological polar surface area (TPSA) is 49.3 Å². The zero-order valence-corrected chi connectivity index (χ0v) is 12.4. The predicted molar refractivity (Wildman–Crippen MR) is 77.6 cm³/mol. The summed E-state index contributed by atoms with van der Waals surface area (Å²) in [6.45, 7) is 7.49. The highest BCUT2D eigenvalue weighted by molar-refractivity contribution is 5.76. The van der Waals surface area contributed by atoms with Crippen LogP contribution >= 0.6 is 0 Å². The first-order valence-electron chi connectivity index (χ1n) is 7.58. The van der Waals surface area contributed by atoms with Gasteiger partial charge in [0.15, 0.2) is 0 Å². The minimum Gasteiger partial charge on any atom is -0.356 e. The first-order chi connectivity index (χ1) is 9.69. The van der Waals surface area contributed by atoms with Crippen LogP contribution in [0, 0.1) is 6.92 Å². The first-order valence-corrected chi connectivity index (χ1v) is 7.58. The summed E-state index contributed by atoms with van der Waals surface area (Å²) in [5, 5.41) is 0. The summed E-state index contributed by atoms with van der Waals surface area (Å²) in [5.41, 5.74) is 2.31. The van der Waals surface area contributed by atoms with Gasteiger partial charge in [-0.15, -0.1) is 0 Å². The summed E-state index contributed by atoms with van der Waals surface area (Å²) in [4.78, 5) is 25.5. The molecule has 0 N–H and O–H groups in total. The molecule has 0 spiro atoms. The second-order valence-corrected chi connectivity index (χ2v) is 5.63. The van der Waals surface area contributed by atoms with Crippen LogP contribution in [0.4, 0.5) is 5.82 Å². The maximum atomic E-state index is 11.9. The number of fused-ring (bicyclic) bond motifs is 1. The number of hydrogen-bond acceptors (Lipinski definition) is 4. The Morgan fingerprint density at radius 1 is 1.20 bits per heavy atom. The van der Waals surface area contributed by atoms with Crippen LogP contribution in [0.2, 0.25) is 0 Å². The number of aryl methyl sites for hydroxylation is 1. The minimum absolute atomic E-state index is 0.226. The fourth-order valence-electron chi connectivity index (χ4n) is 3.14. The summed E-state index contributed by atoms with van der Waals surface area (Å²) < 4.78 is 0. The van der Waals surface area contributed by atoms with Crippen molar-refractivity contribution >= 4 is 11.7 Å². The van der Waals surface area contributed by atoms with Gasteiger partial charge in [0.2, 0.25) is 5.91 Å². The highest BCUT2D eigenvalue weighted by atomic mass is 16.2. The van der Waals surface area contributed by atoms with E-state index in [-0.39, 0.29) is 5.91 Å². The second kappa shape index (κ2) is 5.38. The Bertz CT molecular complexity index is 523. The largest absolute Gasteiger partial charge is 0.356 e. The molecule has 1 amide bonds. The van der Waals surface area contributed by atoms with Gasteiger partial charge in [0.05, 0.1) is 12.2 Å². The standard InChI is InChI=1S/C15H22N4O/c1-3-14(20)19-9-6-13-12(10-19)15(17-11(2)16-13)18-7-4-5-8-18/h3-10H2,1-2H3. The lowest BCUT2D eigenvalue weighted by Crippen LogP contribution is -2.37. The Labute approximate surface area is 120 Å². The van der Waals surface area contributed by atoms with Crippen LogP contribution < -0.4 is 4.90 Å². The molecule has 3 rings (SSSR count). The van der Waals surface area contributed by atoms with Crippen LogP contribution in [0.1, 0.15) is 43.3 Å². The summed E-state index contributed by atoms with van der Waals surface area (Å²) in [6, 6.07) is 0. The molecule has 1 fully saturated rings. The van der Waals surface area contributed by atoms with Crippen molar-refractivity contribution in [2.24, 2.45) is 0 Å². The molecule has 1 saturated heterocycles. The Balaban J connectivity index is 1.95. The zero-order valence-electron chi connectivity index (χ0n) is 12.4. The molecule has 2 aliphatic heterocycles. The van der Waals surface area contributed by atoms with E-state index in [1.165, 1.54) is 18.4 Å². The van der Waals surface area contributed by atoms with Crippen LogP contribution in [0.25, 0.3) is 0 Å². The van der Waals surface area contributed by atoms with Crippen molar-refractivity contribution in [1.29, 1.82) is 0 Å². The Morgan fingerprint density at radius 2 is 1.95 bits per heavy atom. The second-order valence-electron chi connectivity index (χ2n) is 5.63. The zero-order chi connectivity index (χ0) is 14.1. The molecule has 1 aromatic heterocycles. The van der Waals surface area contributed by atoms with E-state index in [1.54, 1.807) is 0 Å². The van der Waals surface area contributed by atoms with Gasteiger partial charge in [-0.05, 0) is 19.8 Å².